The molecule has 402 valence electrons. The van der Waals surface area contributed by atoms with E-state index in [4.69, 9.17) is 36.1 Å². The lowest BCUT2D eigenvalue weighted by Gasteiger charge is -2.33. The monoisotopic (exact) mass is 1320 g/mol. The molecule has 4 radical (unpaired) electrons. The van der Waals surface area contributed by atoms with Crippen molar-refractivity contribution in [2.24, 2.45) is 11.8 Å². The largest absolute Gasteiger partial charge is 0.387 e. The van der Waals surface area contributed by atoms with Gasteiger partial charge in [-0.1, -0.05) is 222 Å². The van der Waals surface area contributed by atoms with Crippen LogP contribution in [0.4, 0.5) is 0 Å². The Balaban J connectivity index is 0.000000291. The topological polar surface area (TPSA) is 80.9 Å². The molecule has 7 aromatic carbocycles. The highest BCUT2D eigenvalue weighted by molar-refractivity contribution is 14.1. The Hall–Kier alpha value is -3.32. The van der Waals surface area contributed by atoms with E-state index in [1.54, 1.807) is 55.4 Å². The highest BCUT2D eigenvalue weighted by Crippen LogP contribution is 2.40. The number of aliphatic hydroxyl groups is 4. The van der Waals surface area contributed by atoms with Crippen molar-refractivity contribution in [2.75, 3.05) is 0 Å². The van der Waals surface area contributed by atoms with E-state index >= 15 is 0 Å². The molecule has 0 heterocycles. The first-order chi connectivity index (χ1) is 35.0. The lowest BCUT2D eigenvalue weighted by Crippen LogP contribution is -2.44. The standard InChI is InChI=1S/C30H28Br2.C18H20B2.C6H4BrI.2C6H14O2/c1-21(2)20-30(3,26-12-4-22(5-13-26)24-8-16-28(31)17-9-24)27-14-6-23(7-15-27)25-10-18-29(32)19-11-25;1-13(2)12-18(3,14-4-8-16(19)9-5-14)15-6-10-17(20)11-7-15;7-5-1-3-6(8)4-2-5;2*1-5(2,7)6(3,4)8/h4-19,21H,20H2,1-3H3;4-11,13H,12H2,1-3H3;1-4H;2*7-8H,1-4H3. The van der Waals surface area contributed by atoms with Crippen LogP contribution in [-0.4, -0.2) is 58.5 Å². The van der Waals surface area contributed by atoms with Gasteiger partial charge >= 0.3 is 0 Å². The molecule has 0 bridgehead atoms. The molecule has 0 aliphatic rings. The minimum absolute atomic E-state index is 0.0183. The van der Waals surface area contributed by atoms with Gasteiger partial charge in [0.1, 0.15) is 15.7 Å². The van der Waals surface area contributed by atoms with Crippen LogP contribution in [0.25, 0.3) is 22.3 Å². The number of benzene rings is 7. The molecule has 0 amide bonds. The fourth-order valence-corrected chi connectivity index (χ4v) is 9.07. The number of hydrogen-bond donors (Lipinski definition) is 4. The van der Waals surface area contributed by atoms with Crippen LogP contribution in [-0.2, 0) is 10.8 Å². The summed E-state index contributed by atoms with van der Waals surface area (Å²) in [6.45, 7) is 26.4. The summed E-state index contributed by atoms with van der Waals surface area (Å²) in [6, 6.07) is 59.9. The van der Waals surface area contributed by atoms with E-state index in [0.717, 1.165) is 37.2 Å². The van der Waals surface area contributed by atoms with Crippen molar-refractivity contribution in [2.45, 2.75) is 143 Å². The quantitative estimate of drug-likeness (QED) is 0.0726. The maximum atomic E-state index is 9.10. The number of rotatable bonds is 12. The molecule has 0 atom stereocenters. The van der Waals surface area contributed by atoms with Gasteiger partial charge in [0.05, 0.1) is 22.4 Å². The third-order valence-electron chi connectivity index (χ3n) is 13.9. The van der Waals surface area contributed by atoms with Gasteiger partial charge in [0.2, 0.25) is 0 Å². The summed E-state index contributed by atoms with van der Waals surface area (Å²) < 4.78 is 4.62. The van der Waals surface area contributed by atoms with E-state index in [2.05, 4.69) is 245 Å². The van der Waals surface area contributed by atoms with E-state index in [0.29, 0.717) is 11.8 Å². The number of hydrogen-bond acceptors (Lipinski definition) is 4. The normalized spacial score (nSPS) is 12.0. The highest BCUT2D eigenvalue weighted by atomic mass is 127. The minimum atomic E-state index is -1.01. The maximum absolute atomic E-state index is 9.10. The molecule has 0 saturated carbocycles. The lowest BCUT2D eigenvalue weighted by molar-refractivity contribution is -0.107. The van der Waals surface area contributed by atoms with Crippen LogP contribution in [0, 0.1) is 15.4 Å². The molecule has 7 rings (SSSR count). The van der Waals surface area contributed by atoms with E-state index in [9.17, 15) is 0 Å². The van der Waals surface area contributed by atoms with Gasteiger partial charge < -0.3 is 20.4 Å². The zero-order chi connectivity index (χ0) is 57.5. The van der Waals surface area contributed by atoms with Gasteiger partial charge in [0, 0.05) is 27.8 Å². The predicted molar refractivity (Wildman–Crippen MR) is 347 cm³/mol. The molecule has 10 heteroatoms. The van der Waals surface area contributed by atoms with Crippen molar-refractivity contribution in [3.8, 4) is 22.3 Å². The Labute approximate surface area is 499 Å². The van der Waals surface area contributed by atoms with Crippen LogP contribution in [0.1, 0.15) is 132 Å². The summed E-state index contributed by atoms with van der Waals surface area (Å²) in [5.41, 5.74) is 7.82. The van der Waals surface area contributed by atoms with Crippen LogP contribution in [0.15, 0.2) is 183 Å². The second-order valence-electron chi connectivity index (χ2n) is 22.9. The molecule has 4 N–H and O–H groups in total. The average molecular weight is 1330 g/mol. The Morgan fingerprint density at radius 3 is 0.711 bits per heavy atom. The van der Waals surface area contributed by atoms with E-state index in [1.807, 2.05) is 36.4 Å². The zero-order valence-electron chi connectivity index (χ0n) is 47.2. The third-order valence-corrected chi connectivity index (χ3v) is 16.2. The average Bonchev–Trinajstić information content (AvgIpc) is 3.32. The SMILES string of the molecule is Brc1ccc(I)cc1.CC(C)(O)C(C)(C)O.CC(C)(O)C(C)(C)O.CC(C)CC(C)(c1ccc(-c2ccc(Br)cc2)cc1)c1ccc(-c2ccc(Br)cc2)cc1.[B]c1ccc(C(C)(CC(C)C)c2ccc([B])cc2)cc1. The summed E-state index contributed by atoms with van der Waals surface area (Å²) in [5, 5.41) is 36.4. The third kappa shape index (κ3) is 21.4. The molecule has 76 heavy (non-hydrogen) atoms. The van der Waals surface area contributed by atoms with Crippen molar-refractivity contribution in [3.05, 3.63) is 209 Å². The Morgan fingerprint density at radius 2 is 0.526 bits per heavy atom. The molecule has 7 aromatic rings. The van der Waals surface area contributed by atoms with Crippen molar-refractivity contribution in [1.82, 2.24) is 0 Å². The molecule has 0 spiro atoms. The van der Waals surface area contributed by atoms with Crippen LogP contribution in [0.2, 0.25) is 0 Å². The molecule has 4 nitrogen and oxygen atoms in total. The van der Waals surface area contributed by atoms with Gasteiger partial charge in [0.15, 0.2) is 0 Å². The van der Waals surface area contributed by atoms with E-state index < -0.39 is 22.4 Å². The van der Waals surface area contributed by atoms with E-state index in [-0.39, 0.29) is 10.8 Å². The minimum Gasteiger partial charge on any atom is -0.387 e. The second kappa shape index (κ2) is 29.2. The van der Waals surface area contributed by atoms with Crippen LogP contribution in [0.3, 0.4) is 0 Å². The lowest BCUT2D eigenvalue weighted by atomic mass is 9.70. The summed E-state index contributed by atoms with van der Waals surface area (Å²) >= 11 is 12.7. The van der Waals surface area contributed by atoms with Crippen LogP contribution in [0.5, 0.6) is 0 Å². The van der Waals surface area contributed by atoms with Crippen molar-refractivity contribution in [3.63, 3.8) is 0 Å². The molecule has 0 aromatic heterocycles. The van der Waals surface area contributed by atoms with Gasteiger partial charge in [-0.15, -0.1) is 0 Å². The molecule has 0 aliphatic carbocycles. The maximum Gasteiger partial charge on any atom is 0.113 e. The summed E-state index contributed by atoms with van der Waals surface area (Å²) in [4.78, 5) is 0. The second-order valence-corrected chi connectivity index (χ2v) is 26.9. The molecule has 0 fully saturated rings. The zero-order valence-corrected chi connectivity index (χ0v) is 54.1. The molecule has 0 saturated heterocycles. The Bertz CT molecular complexity index is 2570. The molecular weight excluding hydrogens is 1240 g/mol. The fraction of sp³-hybridized carbons (Fsp3) is 0.364. The van der Waals surface area contributed by atoms with Crippen LogP contribution >= 0.6 is 70.4 Å². The first-order valence-electron chi connectivity index (χ1n) is 25.8. The van der Waals surface area contributed by atoms with Crippen molar-refractivity contribution >= 4 is 97.0 Å². The van der Waals surface area contributed by atoms with Crippen molar-refractivity contribution < 1.29 is 20.4 Å². The summed E-state index contributed by atoms with van der Waals surface area (Å²) in [5.74, 6) is 1.20. The van der Waals surface area contributed by atoms with E-state index in [1.165, 1.54) is 48.1 Å². The predicted octanol–water partition coefficient (Wildman–Crippen LogP) is 16.6. The Morgan fingerprint density at radius 1 is 0.342 bits per heavy atom. The fourth-order valence-electron chi connectivity index (χ4n) is 7.91. The molecule has 0 unspecified atom stereocenters. The van der Waals surface area contributed by atoms with Gasteiger partial charge in [-0.05, 0) is 196 Å². The van der Waals surface area contributed by atoms with Gasteiger partial charge in [-0.3, -0.25) is 0 Å². The summed E-state index contributed by atoms with van der Waals surface area (Å²) in [6.07, 6.45) is 2.18. The molecular formula is C66H80B2Br3IO4. The smallest absolute Gasteiger partial charge is 0.113 e. The van der Waals surface area contributed by atoms with Crippen molar-refractivity contribution in [1.29, 1.82) is 0 Å². The van der Waals surface area contributed by atoms with Gasteiger partial charge in [-0.2, -0.15) is 0 Å². The summed E-state index contributed by atoms with van der Waals surface area (Å²) in [7, 11) is 11.6. The Kier molecular flexibility index (Phi) is 25.8. The van der Waals surface area contributed by atoms with Gasteiger partial charge in [0.25, 0.3) is 0 Å². The first-order valence-corrected chi connectivity index (χ1v) is 29.3. The van der Waals surface area contributed by atoms with Crippen LogP contribution < -0.4 is 10.9 Å². The first kappa shape index (κ1) is 67.0. The number of halogens is 4. The molecule has 0 aliphatic heterocycles. The highest BCUT2D eigenvalue weighted by Gasteiger charge is 2.34. The van der Waals surface area contributed by atoms with Gasteiger partial charge in [-0.25, -0.2) is 0 Å².